The van der Waals surface area contributed by atoms with Crippen molar-refractivity contribution >= 4 is 35.6 Å². The standard InChI is InChI=1S/C11H16NO4PS2/c1-3-14-17(18,15-4-2)16-11-12-8-6-5-7-9(13)10(8)19-11/h3-7H2,1-2H3. The molecule has 106 valence electrons. The normalized spacial score (nSPS) is 15.4. The SMILES string of the molecule is CCOP(=S)(OCC)Oc1nc2c(s1)C(=O)CCC2. The highest BCUT2D eigenvalue weighted by Gasteiger charge is 2.27. The van der Waals surface area contributed by atoms with Gasteiger partial charge in [0.15, 0.2) is 5.78 Å². The second-order valence-electron chi connectivity index (χ2n) is 3.91. The highest BCUT2D eigenvalue weighted by Crippen LogP contribution is 2.51. The van der Waals surface area contributed by atoms with Crippen LogP contribution in [0, 0.1) is 0 Å². The summed E-state index contributed by atoms with van der Waals surface area (Å²) in [4.78, 5) is 16.8. The molecule has 0 bridgehead atoms. The first kappa shape index (κ1) is 15.1. The third-order valence-electron chi connectivity index (χ3n) is 2.51. The predicted molar refractivity (Wildman–Crippen MR) is 77.5 cm³/mol. The Morgan fingerprint density at radius 1 is 1.32 bits per heavy atom. The fourth-order valence-electron chi connectivity index (χ4n) is 1.79. The zero-order valence-electron chi connectivity index (χ0n) is 10.9. The molecule has 0 atom stereocenters. The average molecular weight is 321 g/mol. The summed E-state index contributed by atoms with van der Waals surface area (Å²) < 4.78 is 16.4. The minimum absolute atomic E-state index is 0.134. The lowest BCUT2D eigenvalue weighted by atomic mass is 10.0. The van der Waals surface area contributed by atoms with Crippen molar-refractivity contribution in [3.63, 3.8) is 0 Å². The van der Waals surface area contributed by atoms with Gasteiger partial charge in [0.1, 0.15) is 0 Å². The first-order valence-electron chi connectivity index (χ1n) is 6.19. The van der Waals surface area contributed by atoms with E-state index >= 15 is 0 Å². The van der Waals surface area contributed by atoms with Gasteiger partial charge in [0.05, 0.1) is 23.8 Å². The van der Waals surface area contributed by atoms with Crippen molar-refractivity contribution in [3.8, 4) is 5.19 Å². The number of ketones is 1. The van der Waals surface area contributed by atoms with Gasteiger partial charge >= 0.3 is 6.72 Å². The number of carbonyl (C=O) groups excluding carboxylic acids is 1. The van der Waals surface area contributed by atoms with Gasteiger partial charge in [-0.15, -0.1) is 0 Å². The molecular formula is C11H16NO4PS2. The van der Waals surface area contributed by atoms with Gasteiger partial charge in [0, 0.05) is 18.2 Å². The number of carbonyl (C=O) groups is 1. The van der Waals surface area contributed by atoms with Crippen LogP contribution < -0.4 is 4.52 Å². The lowest BCUT2D eigenvalue weighted by Crippen LogP contribution is -2.07. The fraction of sp³-hybridized carbons (Fsp3) is 0.636. The molecule has 0 saturated carbocycles. The number of Topliss-reactive ketones (excluding diaryl/α,β-unsaturated/α-hetero) is 1. The molecule has 0 amide bonds. The Bertz CT molecular complexity index is 507. The second kappa shape index (κ2) is 6.41. The highest BCUT2D eigenvalue weighted by atomic mass is 32.5. The fourth-order valence-corrected chi connectivity index (χ4v) is 5.07. The van der Waals surface area contributed by atoms with E-state index in [2.05, 4.69) is 4.98 Å². The lowest BCUT2D eigenvalue weighted by molar-refractivity contribution is 0.0976. The summed E-state index contributed by atoms with van der Waals surface area (Å²) in [5.74, 6) is 0.134. The van der Waals surface area contributed by atoms with Crippen molar-refractivity contribution in [3.05, 3.63) is 10.6 Å². The van der Waals surface area contributed by atoms with E-state index in [-0.39, 0.29) is 5.78 Å². The van der Waals surface area contributed by atoms with Gasteiger partial charge in [-0.3, -0.25) is 13.8 Å². The second-order valence-corrected chi connectivity index (χ2v) is 7.80. The van der Waals surface area contributed by atoms with E-state index in [1.807, 2.05) is 13.8 Å². The zero-order chi connectivity index (χ0) is 13.9. The first-order chi connectivity index (χ1) is 9.08. The topological polar surface area (TPSA) is 57.6 Å². The number of hydrogen-bond donors (Lipinski definition) is 0. The molecule has 0 spiro atoms. The third kappa shape index (κ3) is 3.61. The summed E-state index contributed by atoms with van der Waals surface area (Å²) in [6, 6.07) is 0. The highest BCUT2D eigenvalue weighted by molar-refractivity contribution is 8.07. The molecule has 0 aromatic carbocycles. The maximum Gasteiger partial charge on any atom is 0.382 e. The molecule has 0 saturated heterocycles. The van der Waals surface area contributed by atoms with E-state index in [1.54, 1.807) is 0 Å². The summed E-state index contributed by atoms with van der Waals surface area (Å²) in [6.45, 7) is 1.70. The van der Waals surface area contributed by atoms with Crippen LogP contribution in [0.15, 0.2) is 0 Å². The maximum atomic E-state index is 11.8. The van der Waals surface area contributed by atoms with Gasteiger partial charge < -0.3 is 4.52 Å². The van der Waals surface area contributed by atoms with Gasteiger partial charge in [-0.1, -0.05) is 11.3 Å². The van der Waals surface area contributed by atoms with Crippen LogP contribution in [0.1, 0.15) is 42.1 Å². The summed E-state index contributed by atoms with van der Waals surface area (Å²) >= 11 is 6.52. The van der Waals surface area contributed by atoms with Crippen molar-refractivity contribution in [1.29, 1.82) is 0 Å². The first-order valence-corrected chi connectivity index (χ1v) is 9.57. The number of rotatable bonds is 6. The van der Waals surface area contributed by atoms with E-state index in [0.29, 0.717) is 29.7 Å². The van der Waals surface area contributed by atoms with Crippen LogP contribution in [0.2, 0.25) is 0 Å². The Kier molecular flexibility index (Phi) is 5.09. The van der Waals surface area contributed by atoms with E-state index in [9.17, 15) is 4.79 Å². The number of fused-ring (bicyclic) bond motifs is 1. The minimum atomic E-state index is -2.80. The molecule has 0 N–H and O–H groups in total. The van der Waals surface area contributed by atoms with Crippen LogP contribution in [0.25, 0.3) is 0 Å². The van der Waals surface area contributed by atoms with E-state index in [0.717, 1.165) is 18.5 Å². The van der Waals surface area contributed by atoms with Crippen molar-refractivity contribution in [1.82, 2.24) is 4.98 Å². The van der Waals surface area contributed by atoms with Crippen molar-refractivity contribution in [2.24, 2.45) is 0 Å². The molecule has 0 unspecified atom stereocenters. The number of thiazole rings is 1. The van der Waals surface area contributed by atoms with Crippen LogP contribution >= 0.6 is 18.1 Å². The summed E-state index contributed by atoms with van der Waals surface area (Å²) in [5, 5.41) is 0.380. The van der Waals surface area contributed by atoms with Gasteiger partial charge in [0.25, 0.3) is 5.19 Å². The Labute approximate surface area is 121 Å². The Morgan fingerprint density at radius 2 is 2.00 bits per heavy atom. The number of aryl methyl sites for hydroxylation is 1. The van der Waals surface area contributed by atoms with Crippen molar-refractivity contribution < 1.29 is 18.4 Å². The molecule has 19 heavy (non-hydrogen) atoms. The van der Waals surface area contributed by atoms with Crippen LogP contribution in [-0.2, 0) is 27.3 Å². The Balaban J connectivity index is 2.18. The number of nitrogens with zero attached hydrogens (tertiary/aromatic N) is 1. The lowest BCUT2D eigenvalue weighted by Gasteiger charge is -2.18. The third-order valence-corrected chi connectivity index (χ3v) is 6.05. The Morgan fingerprint density at radius 3 is 2.58 bits per heavy atom. The van der Waals surface area contributed by atoms with E-state index in [1.165, 1.54) is 11.3 Å². The van der Waals surface area contributed by atoms with Crippen LogP contribution in [0.4, 0.5) is 0 Å². The van der Waals surface area contributed by atoms with Gasteiger partial charge in [-0.25, -0.2) is 4.98 Å². The molecule has 5 nitrogen and oxygen atoms in total. The summed E-state index contributed by atoms with van der Waals surface area (Å²) in [5.41, 5.74) is 0.811. The zero-order valence-corrected chi connectivity index (χ0v) is 13.4. The Hall–Kier alpha value is -0.330. The summed E-state index contributed by atoms with van der Waals surface area (Å²) in [6.07, 6.45) is 2.24. The van der Waals surface area contributed by atoms with E-state index in [4.69, 9.17) is 25.4 Å². The summed E-state index contributed by atoms with van der Waals surface area (Å²) in [7, 11) is 0. The van der Waals surface area contributed by atoms with Crippen molar-refractivity contribution in [2.75, 3.05) is 13.2 Å². The number of hydrogen-bond acceptors (Lipinski definition) is 7. The molecule has 1 aromatic rings. The molecule has 2 rings (SSSR count). The minimum Gasteiger partial charge on any atom is -0.396 e. The smallest absolute Gasteiger partial charge is 0.382 e. The quantitative estimate of drug-likeness (QED) is 0.749. The molecule has 1 aliphatic carbocycles. The monoisotopic (exact) mass is 321 g/mol. The molecule has 1 aromatic heterocycles. The molecule has 0 radical (unpaired) electrons. The maximum absolute atomic E-state index is 11.8. The molecule has 0 aliphatic heterocycles. The predicted octanol–water partition coefficient (Wildman–Crippen LogP) is 3.34. The molecule has 1 aliphatic rings. The van der Waals surface area contributed by atoms with Gasteiger partial charge in [-0.2, -0.15) is 0 Å². The molecule has 8 heteroatoms. The van der Waals surface area contributed by atoms with Crippen LogP contribution in [0.3, 0.4) is 0 Å². The van der Waals surface area contributed by atoms with Crippen LogP contribution in [-0.4, -0.2) is 24.0 Å². The van der Waals surface area contributed by atoms with Gasteiger partial charge in [-0.05, 0) is 26.7 Å². The molecule has 0 fully saturated rings. The van der Waals surface area contributed by atoms with E-state index < -0.39 is 6.72 Å². The largest absolute Gasteiger partial charge is 0.396 e. The molecule has 1 heterocycles. The van der Waals surface area contributed by atoms with Gasteiger partial charge in [0.2, 0.25) is 0 Å². The van der Waals surface area contributed by atoms with Crippen LogP contribution in [0.5, 0.6) is 5.19 Å². The molecular weight excluding hydrogens is 305 g/mol. The average Bonchev–Trinajstić information content (AvgIpc) is 2.73. The van der Waals surface area contributed by atoms with Crippen molar-refractivity contribution in [2.45, 2.75) is 33.1 Å². The number of aromatic nitrogens is 1.